The number of allylic oxidation sites excluding steroid dienone is 1. The van der Waals surface area contributed by atoms with Gasteiger partial charge >= 0.3 is 23.9 Å². The predicted molar refractivity (Wildman–Crippen MR) is 156 cm³/mol. The molecule has 0 amide bonds. The second kappa shape index (κ2) is 9.86. The number of esters is 4. The molecule has 258 valence electrons. The van der Waals surface area contributed by atoms with Crippen molar-refractivity contribution in [3.05, 3.63) is 11.8 Å². The van der Waals surface area contributed by atoms with Crippen LogP contribution in [0, 0.1) is 57.7 Å². The molecule has 0 bridgehead atoms. The molecule has 0 unspecified atom stereocenters. The van der Waals surface area contributed by atoms with Crippen molar-refractivity contribution in [1.29, 1.82) is 0 Å². The molecule has 13 heteroatoms. The van der Waals surface area contributed by atoms with Crippen molar-refractivity contribution in [2.75, 3.05) is 0 Å². The monoisotopic (exact) mass is 660 g/mol. The first-order chi connectivity index (χ1) is 21.7. The zero-order valence-corrected chi connectivity index (χ0v) is 27.8. The molecule has 2 saturated heterocycles. The van der Waals surface area contributed by atoms with E-state index in [-0.39, 0.29) is 18.3 Å². The highest BCUT2D eigenvalue weighted by Gasteiger charge is 2.83. The number of aliphatic hydroxyl groups is 3. The van der Waals surface area contributed by atoms with Crippen LogP contribution in [-0.2, 0) is 47.7 Å². The van der Waals surface area contributed by atoms with E-state index in [0.717, 1.165) is 0 Å². The van der Waals surface area contributed by atoms with E-state index in [0.29, 0.717) is 0 Å². The van der Waals surface area contributed by atoms with Gasteiger partial charge in [0.1, 0.15) is 36.3 Å². The normalized spacial score (nSPS) is 55.1. The van der Waals surface area contributed by atoms with Crippen molar-refractivity contribution < 1.29 is 63.0 Å². The average Bonchev–Trinajstić information content (AvgIpc) is 3.65. The number of aliphatic hydroxyl groups excluding tert-OH is 2. The number of ether oxygens (including phenoxy) is 5. The van der Waals surface area contributed by atoms with Crippen molar-refractivity contribution in [1.82, 2.24) is 0 Å². The average molecular weight is 661 g/mol. The van der Waals surface area contributed by atoms with Crippen LogP contribution >= 0.6 is 0 Å². The summed E-state index contributed by atoms with van der Waals surface area (Å²) in [7, 11) is 0. The molecule has 47 heavy (non-hydrogen) atoms. The van der Waals surface area contributed by atoms with E-state index in [1.54, 1.807) is 26.8 Å². The first-order valence-corrected chi connectivity index (χ1v) is 16.5. The molecule has 7 rings (SSSR count). The molecule has 5 aliphatic carbocycles. The number of epoxide rings is 1. The lowest BCUT2D eigenvalue weighted by Crippen LogP contribution is -2.74. The number of rotatable bonds is 3. The highest BCUT2D eigenvalue weighted by molar-refractivity contribution is 5.89. The van der Waals surface area contributed by atoms with Gasteiger partial charge in [0.2, 0.25) is 0 Å². The van der Waals surface area contributed by atoms with Crippen molar-refractivity contribution in [3.63, 3.8) is 0 Å². The van der Waals surface area contributed by atoms with Gasteiger partial charge in [0, 0.05) is 61.2 Å². The molecule has 13 nitrogen and oxygen atoms in total. The summed E-state index contributed by atoms with van der Waals surface area (Å²) in [6.07, 6.45) is -5.23. The van der Waals surface area contributed by atoms with Crippen LogP contribution in [0.15, 0.2) is 11.8 Å². The van der Waals surface area contributed by atoms with Crippen molar-refractivity contribution >= 4 is 29.7 Å². The molecule has 0 radical (unpaired) electrons. The van der Waals surface area contributed by atoms with Gasteiger partial charge in [0.25, 0.3) is 0 Å². The Morgan fingerprint density at radius 3 is 2.04 bits per heavy atom. The molecular formula is C34H44O13. The zero-order valence-electron chi connectivity index (χ0n) is 27.8. The lowest BCUT2D eigenvalue weighted by atomic mass is 9.41. The summed E-state index contributed by atoms with van der Waals surface area (Å²) in [5.74, 6) is -9.17. The topological polar surface area (TPSA) is 195 Å². The van der Waals surface area contributed by atoms with E-state index in [9.17, 15) is 39.3 Å². The van der Waals surface area contributed by atoms with Crippen LogP contribution in [0.25, 0.3) is 0 Å². The fourth-order valence-electron chi connectivity index (χ4n) is 11.9. The Hall–Kier alpha value is -2.87. The van der Waals surface area contributed by atoms with Crippen LogP contribution in [0.5, 0.6) is 0 Å². The largest absolute Gasteiger partial charge is 0.459 e. The first kappa shape index (κ1) is 32.7. The number of carbonyl (C=O) groups excluding carboxylic acids is 5. The quantitative estimate of drug-likeness (QED) is 0.219. The van der Waals surface area contributed by atoms with E-state index in [2.05, 4.69) is 0 Å². The van der Waals surface area contributed by atoms with Crippen molar-refractivity contribution in [2.24, 2.45) is 57.7 Å². The molecule has 0 aromatic heterocycles. The molecule has 2 aliphatic heterocycles. The number of carbonyl (C=O) groups is 5. The lowest BCUT2D eigenvalue weighted by molar-refractivity contribution is -0.266. The Bertz CT molecular complexity index is 1500. The van der Waals surface area contributed by atoms with Gasteiger partial charge < -0.3 is 39.0 Å². The molecular weight excluding hydrogens is 616 g/mol. The van der Waals surface area contributed by atoms with Gasteiger partial charge in [-0.3, -0.25) is 19.2 Å². The summed E-state index contributed by atoms with van der Waals surface area (Å²) in [5.41, 5.74) is -6.05. The molecule has 0 aromatic rings. The van der Waals surface area contributed by atoms with E-state index < -0.39 is 130 Å². The third-order valence-corrected chi connectivity index (χ3v) is 13.8. The zero-order chi connectivity index (χ0) is 34.5. The second-order valence-electron chi connectivity index (χ2n) is 15.9. The number of fused-ring (bicyclic) bond motifs is 10. The summed E-state index contributed by atoms with van der Waals surface area (Å²) in [4.78, 5) is 66.2. The van der Waals surface area contributed by atoms with Crippen LogP contribution in [0.1, 0.15) is 61.8 Å². The molecule has 0 spiro atoms. The highest BCUT2D eigenvalue weighted by atomic mass is 16.6. The van der Waals surface area contributed by atoms with E-state index >= 15 is 0 Å². The van der Waals surface area contributed by atoms with Gasteiger partial charge in [-0.1, -0.05) is 20.8 Å². The van der Waals surface area contributed by atoms with Crippen LogP contribution in [-0.4, -0.2) is 93.3 Å². The molecule has 4 saturated carbocycles. The Kier molecular flexibility index (Phi) is 6.85. The van der Waals surface area contributed by atoms with Crippen LogP contribution in [0.2, 0.25) is 0 Å². The molecule has 0 aromatic carbocycles. The van der Waals surface area contributed by atoms with Gasteiger partial charge in [-0.15, -0.1) is 0 Å². The minimum atomic E-state index is -2.06. The van der Waals surface area contributed by atoms with Gasteiger partial charge in [-0.05, 0) is 38.2 Å². The summed E-state index contributed by atoms with van der Waals surface area (Å²) in [6, 6.07) is 0. The molecule has 18 atom stereocenters. The van der Waals surface area contributed by atoms with E-state index in [4.69, 9.17) is 23.7 Å². The maximum absolute atomic E-state index is 14.7. The smallest absolute Gasteiger partial charge is 0.343 e. The minimum absolute atomic E-state index is 0.209. The summed E-state index contributed by atoms with van der Waals surface area (Å²) < 4.78 is 29.7. The highest BCUT2D eigenvalue weighted by Crippen LogP contribution is 2.75. The van der Waals surface area contributed by atoms with Gasteiger partial charge in [0.15, 0.2) is 11.4 Å². The molecule has 6 fully saturated rings. The third kappa shape index (κ3) is 3.82. The maximum atomic E-state index is 14.7. The number of hydrogen-bond donors (Lipinski definition) is 3. The summed E-state index contributed by atoms with van der Waals surface area (Å²) in [5, 5.41) is 36.2. The van der Waals surface area contributed by atoms with E-state index in [1.165, 1.54) is 27.7 Å². The fourth-order valence-corrected chi connectivity index (χ4v) is 11.9. The predicted octanol–water partition coefficient (Wildman–Crippen LogP) is 0.842. The van der Waals surface area contributed by atoms with Gasteiger partial charge in [-0.2, -0.15) is 0 Å². The van der Waals surface area contributed by atoms with Gasteiger partial charge in [-0.25, -0.2) is 4.79 Å². The standard InChI is InChI=1S/C34H44O13/c1-11-9-17-33(7,34(8,42)30(41)47-17)22-19(11)32(6)20(25(22)40)18-21(27(43-12(2)35)29(32)45-14(4)37)31(5)15(23(38)24(18)39)10-16-26(46-16)28(31)44-13(3)36/h9,11,15-16,18-23,25-29,38,40,42H,10H2,1-8H3/t11-,15-,16+,18+,19+,20+,21+,22+,23-,25-,26+,27+,28+,29+,31+,32-,33+,34-/m1/s1. The molecule has 3 N–H and O–H groups in total. The number of hydrogen-bond acceptors (Lipinski definition) is 13. The lowest BCUT2D eigenvalue weighted by Gasteiger charge is -2.64. The minimum Gasteiger partial charge on any atom is -0.459 e. The molecule has 2 heterocycles. The fraction of sp³-hybridized carbons (Fsp3) is 0.794. The maximum Gasteiger partial charge on any atom is 0.343 e. The Morgan fingerprint density at radius 1 is 0.851 bits per heavy atom. The van der Waals surface area contributed by atoms with E-state index in [1.807, 2.05) is 6.92 Å². The number of ketones is 1. The van der Waals surface area contributed by atoms with Crippen LogP contribution in [0.4, 0.5) is 0 Å². The Labute approximate surface area is 272 Å². The molecule has 7 aliphatic rings. The summed E-state index contributed by atoms with van der Waals surface area (Å²) >= 11 is 0. The van der Waals surface area contributed by atoms with Crippen LogP contribution < -0.4 is 0 Å². The Morgan fingerprint density at radius 2 is 1.45 bits per heavy atom. The SMILES string of the molecule is CC(=O)O[C@H]1[C@@H]2[C@@H](C(=O)[C@H](O)[C@H]3C[C@@H]4O[C@@H]4[C@H](OC(C)=O)[C@]23C)[C@H]2[C@@H](O)[C@@H]3[C@H]([C@H](C)C=C4OC(=O)[C@@](C)(O)[C@@]43C)[C@@]2(C)[C@H]1OC(C)=O. The summed E-state index contributed by atoms with van der Waals surface area (Å²) in [6.45, 7) is 12.1. The second-order valence-corrected chi connectivity index (χ2v) is 15.9. The van der Waals surface area contributed by atoms with Crippen molar-refractivity contribution in [3.8, 4) is 0 Å². The van der Waals surface area contributed by atoms with Crippen LogP contribution in [0.3, 0.4) is 0 Å². The first-order valence-electron chi connectivity index (χ1n) is 16.5. The van der Waals surface area contributed by atoms with Gasteiger partial charge in [0.05, 0.1) is 17.6 Å². The third-order valence-electron chi connectivity index (χ3n) is 13.8. The van der Waals surface area contributed by atoms with Crippen molar-refractivity contribution in [2.45, 2.75) is 110 Å². The Balaban J connectivity index is 1.49. The number of Topliss-reactive ketones (excluding diaryl/α,β-unsaturated/α-hetero) is 1.